The Bertz CT molecular complexity index is 5830. The van der Waals surface area contributed by atoms with Crippen molar-refractivity contribution in [3.05, 3.63) is 179 Å². The highest BCUT2D eigenvalue weighted by Crippen LogP contribution is 2.59. The third-order valence-corrected chi connectivity index (χ3v) is 35.0. The first-order valence-electron chi connectivity index (χ1n) is 49.2. The van der Waals surface area contributed by atoms with Crippen LogP contribution < -0.4 is 0 Å². The molecule has 20 unspecified atom stereocenters. The van der Waals surface area contributed by atoms with Crippen LogP contribution in [0.4, 0.5) is 0 Å². The molecule has 10 aliphatic carbocycles. The molecule has 0 bridgehead atoms. The molecule has 14 aliphatic rings. The first-order chi connectivity index (χ1) is 62.5. The lowest BCUT2D eigenvalue weighted by atomic mass is 9.71. The van der Waals surface area contributed by atoms with E-state index in [0.29, 0.717) is 23.7 Å². The number of H-pyrrole nitrogens is 4. The van der Waals surface area contributed by atoms with E-state index in [1.807, 2.05) is 6.07 Å². The largest absolute Gasteiger partial charge is 0.481 e. The van der Waals surface area contributed by atoms with Crippen molar-refractivity contribution in [1.29, 1.82) is 0 Å². The Morgan fingerprint density at radius 2 is 0.594 bits per heavy atom. The highest BCUT2D eigenvalue weighted by atomic mass is 32.1. The fourth-order valence-corrected chi connectivity index (χ4v) is 28.1. The minimum atomic E-state index is -0.685. The summed E-state index contributed by atoms with van der Waals surface area (Å²) >= 11 is 1.74. The molecule has 128 heavy (non-hydrogen) atoms. The highest BCUT2D eigenvalue weighted by Gasteiger charge is 2.57. The summed E-state index contributed by atoms with van der Waals surface area (Å²) in [4.78, 5) is 125. The Hall–Kier alpha value is -10.3. The topological polar surface area (TPSA) is 294 Å². The lowest BCUT2D eigenvalue weighted by Gasteiger charge is -2.46. The number of carboxylic acids is 4. The van der Waals surface area contributed by atoms with Gasteiger partial charge >= 0.3 is 23.9 Å². The number of carbonyl (C=O) groups excluding carboxylic acids is 4. The van der Waals surface area contributed by atoms with Gasteiger partial charge in [-0.15, -0.1) is 11.3 Å². The summed E-state index contributed by atoms with van der Waals surface area (Å²) in [6.45, 7) is 3.16. The van der Waals surface area contributed by atoms with Crippen LogP contribution in [0.5, 0.6) is 0 Å². The van der Waals surface area contributed by atoms with Crippen LogP contribution >= 0.6 is 11.3 Å². The second-order valence-corrected chi connectivity index (χ2v) is 41.8. The van der Waals surface area contributed by atoms with Crippen LogP contribution in [0.15, 0.2) is 145 Å². The van der Waals surface area contributed by atoms with Crippen molar-refractivity contribution in [1.82, 2.24) is 39.5 Å². The van der Waals surface area contributed by atoms with Crippen LogP contribution in [-0.2, 0) is 38.4 Å². The van der Waals surface area contributed by atoms with Crippen molar-refractivity contribution >= 4 is 102 Å². The molecule has 0 spiro atoms. The van der Waals surface area contributed by atoms with Crippen molar-refractivity contribution in [3.8, 4) is 21.6 Å². The van der Waals surface area contributed by atoms with Gasteiger partial charge in [0.1, 0.15) is 0 Å². The molecule has 5 aromatic heterocycles. The highest BCUT2D eigenvalue weighted by molar-refractivity contribution is 7.13. The van der Waals surface area contributed by atoms with Crippen molar-refractivity contribution in [2.24, 2.45) is 71.0 Å². The average molecular weight is 1750 g/mol. The smallest absolute Gasteiger partial charge is 0.306 e. The zero-order valence-corrected chi connectivity index (χ0v) is 74.4. The number of carboxylic acid groups (broad SMARTS) is 4. The van der Waals surface area contributed by atoms with Crippen LogP contribution in [-0.4, -0.2) is 158 Å². The predicted octanol–water partition coefficient (Wildman–Crippen LogP) is 21.4. The van der Waals surface area contributed by atoms with Crippen LogP contribution in [0.3, 0.4) is 0 Å². The fraction of sp³-hybridized carbons (Fsp3) is 0.533. The van der Waals surface area contributed by atoms with Crippen LogP contribution in [0.2, 0.25) is 0 Å². The molecule has 8 N–H and O–H groups in total. The molecule has 10 saturated carbocycles. The van der Waals surface area contributed by atoms with Gasteiger partial charge < -0.3 is 60.0 Å². The van der Waals surface area contributed by atoms with Crippen LogP contribution in [0, 0.1) is 71.0 Å². The van der Waals surface area contributed by atoms with E-state index >= 15 is 0 Å². The van der Waals surface area contributed by atoms with Crippen molar-refractivity contribution in [3.63, 3.8) is 0 Å². The van der Waals surface area contributed by atoms with E-state index < -0.39 is 23.9 Å². The van der Waals surface area contributed by atoms with Gasteiger partial charge in [0, 0.05) is 153 Å². The number of benzene rings is 5. The van der Waals surface area contributed by atoms with Gasteiger partial charge in [0.25, 0.3) is 0 Å². The molecule has 4 saturated heterocycles. The average Bonchev–Trinajstić information content (AvgIpc) is 1.59. The first-order valence-corrected chi connectivity index (χ1v) is 50.0. The second-order valence-electron chi connectivity index (χ2n) is 40.8. The summed E-state index contributed by atoms with van der Waals surface area (Å²) in [5, 5.41) is 46.1. The maximum absolute atomic E-state index is 13.7. The molecule has 670 valence electrons. The number of piperidine rings is 4. The Morgan fingerprint density at radius 1 is 0.281 bits per heavy atom. The van der Waals surface area contributed by atoms with Crippen molar-refractivity contribution in [2.45, 2.75) is 259 Å². The summed E-state index contributed by atoms with van der Waals surface area (Å²) in [5.74, 6) is 0.295. The minimum Gasteiger partial charge on any atom is -0.481 e. The van der Waals surface area contributed by atoms with E-state index in [4.69, 9.17) is 0 Å². The van der Waals surface area contributed by atoms with Gasteiger partial charge in [-0.05, 0) is 293 Å². The number of fused-ring (bicyclic) bond motifs is 8. The van der Waals surface area contributed by atoms with Gasteiger partial charge in [0.05, 0.1) is 23.7 Å². The van der Waals surface area contributed by atoms with Crippen molar-refractivity contribution < 1.29 is 58.8 Å². The zero-order chi connectivity index (χ0) is 87.3. The number of nitrogens with zero attached hydrogens (tertiary/aromatic N) is 4. The van der Waals surface area contributed by atoms with Gasteiger partial charge in [-0.25, -0.2) is 0 Å². The number of nitrogens with one attached hydrogen (secondary N) is 4. The molecule has 4 aliphatic heterocycles. The third kappa shape index (κ3) is 15.9. The molecule has 9 heterocycles. The quantitative estimate of drug-likeness (QED) is 0.0448. The molecular weight excluding hydrogens is 1620 g/mol. The van der Waals surface area contributed by atoms with E-state index in [1.165, 1.54) is 132 Å². The Labute approximate surface area is 752 Å². The number of carbonyl (C=O) groups is 8. The molecule has 4 amide bonds. The van der Waals surface area contributed by atoms with E-state index in [-0.39, 0.29) is 131 Å². The number of likely N-dealkylation sites (tertiary alicyclic amines) is 4. The number of hydrogen-bond donors (Lipinski definition) is 8. The molecule has 5 aromatic carbocycles. The maximum atomic E-state index is 13.7. The standard InChI is InChI=1S/C28H30N2O3.C27H34N2O3.C26H28N2O3S.C26H32N2O3/c31-27(30-14-6-11-19-20(28(32)33)10-5-13-25(19)30)22-15-21(22)23-16-29-24-12-4-9-18(26(23)24)17-7-2-1-3-8-17;30-26(29-13-5-10-18-19(27(31)32)9-4-12-24(18)29)21-14-20(21)22-15-28-23-11-3-8-17(25(22)23)16-6-1-2-7-16;29-25(28-11-3-7-15-16(26(30)31)5-2-9-22(15)28)19-13-18(19)20-14-27-21-8-1-6-17(24(20)21)23-10-4-12-32-23;29-25(28-12-4-9-17-18(26(30)31)8-3-11-23(17)28)20-13-19(20)21-14-27-22-10-2-7-16(24(21)22)15-5-1-6-15/h1-4,7-9,12,16,19-22,25,29H,5-6,10-11,13-15H2,(H,32,33);3,8,11,15-16,18-21,24,28H,1-2,4-7,9-10,12-14H2,(H,31,32);1,4,6,8,10,12,14-16,18-19,22,27H,2-3,5,7,9,11,13H2,(H,30,31);2,7,10,14-15,17-20,23,27H,1,3-6,8-9,11-13H2,(H,30,31). The molecule has 20 atom stereocenters. The van der Waals surface area contributed by atoms with Gasteiger partial charge in [0.15, 0.2) is 0 Å². The van der Waals surface area contributed by atoms with Gasteiger partial charge in [-0.1, -0.05) is 130 Å². The van der Waals surface area contributed by atoms with Crippen molar-refractivity contribution in [2.75, 3.05) is 26.2 Å². The summed E-state index contributed by atoms with van der Waals surface area (Å²) in [6, 6.07) is 41.1. The van der Waals surface area contributed by atoms with Gasteiger partial charge in [0.2, 0.25) is 23.6 Å². The zero-order valence-electron chi connectivity index (χ0n) is 73.6. The van der Waals surface area contributed by atoms with E-state index in [1.54, 1.807) is 11.3 Å². The van der Waals surface area contributed by atoms with Gasteiger partial charge in [-0.3, -0.25) is 38.4 Å². The normalized spacial score (nSPS) is 31.1. The molecule has 10 aromatic rings. The summed E-state index contributed by atoms with van der Waals surface area (Å²) in [6.07, 6.45) is 39.2. The van der Waals surface area contributed by atoms with E-state index in [0.717, 1.165) is 191 Å². The van der Waals surface area contributed by atoms with E-state index in [9.17, 15) is 58.8 Å². The second kappa shape index (κ2) is 35.5. The number of aliphatic carboxylic acids is 4. The lowest BCUT2D eigenvalue weighted by Crippen LogP contribution is -2.53. The minimum absolute atomic E-state index is 0.0109. The monoisotopic (exact) mass is 1740 g/mol. The fourth-order valence-electron chi connectivity index (χ4n) is 27.4. The number of aromatic amines is 4. The van der Waals surface area contributed by atoms with Gasteiger partial charge in [-0.2, -0.15) is 0 Å². The van der Waals surface area contributed by atoms with E-state index in [2.05, 4.69) is 179 Å². The predicted molar refractivity (Wildman–Crippen MR) is 496 cm³/mol. The molecule has 20 nitrogen and oxygen atoms in total. The SMILES string of the molecule is O=C(O)C1CCCC2C1CCCN2C(=O)C1CC1c1c[nH]c2cccc(-c3ccccc3)c12.O=C(O)C1CCCC2C1CCCN2C(=O)C1CC1c1c[nH]c2cccc(-c3cccs3)c12.O=C(O)C1CCCC2C1CCCN2C(=O)C1CC1c1c[nH]c2cccc(C3CCC3)c12.O=C(O)C1CCCC2C1CCCN2C(=O)C1CC1c1c[nH]c2cccc(C3CCCC3)c12. The number of hydrogen-bond acceptors (Lipinski definition) is 9. The molecule has 0 radical (unpaired) electrons. The van der Waals surface area contributed by atoms with Crippen LogP contribution in [0.1, 0.15) is 268 Å². The summed E-state index contributed by atoms with van der Waals surface area (Å²) in [5.41, 5.74) is 16.4. The summed E-state index contributed by atoms with van der Waals surface area (Å²) in [7, 11) is 0. The number of rotatable bonds is 16. The number of aromatic nitrogens is 4. The Balaban J connectivity index is 0.000000104. The molecular formula is C107H124N8O12S. The number of amides is 4. The third-order valence-electron chi connectivity index (χ3n) is 34.1. The maximum Gasteiger partial charge on any atom is 0.306 e. The lowest BCUT2D eigenvalue weighted by molar-refractivity contribution is -0.152. The Morgan fingerprint density at radius 3 is 0.922 bits per heavy atom. The molecule has 24 rings (SSSR count). The first kappa shape index (κ1) is 84.6. The number of thiophene rings is 1. The van der Waals surface area contributed by atoms with Crippen LogP contribution in [0.25, 0.3) is 65.2 Å². The summed E-state index contributed by atoms with van der Waals surface area (Å²) < 4.78 is 0. The molecule has 21 heteroatoms. The Kier molecular flexibility index (Phi) is 23.5. The molecule has 14 fully saturated rings.